The van der Waals surface area contributed by atoms with Crippen molar-refractivity contribution in [1.29, 1.82) is 0 Å². The van der Waals surface area contributed by atoms with Crippen LogP contribution in [0.4, 0.5) is 57.4 Å². The number of aromatic nitrogens is 3. The topological polar surface area (TPSA) is 265 Å². The molecular formula is C15H24F9N9O6. The molecule has 0 aliphatic heterocycles. The van der Waals surface area contributed by atoms with Gasteiger partial charge in [-0.05, 0) is 0 Å². The second-order valence-corrected chi connectivity index (χ2v) is 5.86. The number of nitrogens with one attached hydrogen (secondary N) is 3. The van der Waals surface area contributed by atoms with E-state index in [2.05, 4.69) is 30.9 Å². The van der Waals surface area contributed by atoms with E-state index in [4.69, 9.17) is 46.9 Å². The first-order valence-electron chi connectivity index (χ1n) is 9.61. The van der Waals surface area contributed by atoms with Crippen LogP contribution in [0.25, 0.3) is 0 Å². The standard InChI is InChI=1S/C9H21N9.3C2HF3O2/c10-1-4-13-7-16-8(14-5-2-11)18-9(17-7)15-6-3-12;3*3-2(4,5)1(6)7/h1-6,10-12H2,(H3,13,14,15,16,17,18);3*(H,6,7). The van der Waals surface area contributed by atoms with Gasteiger partial charge in [-0.1, -0.05) is 0 Å². The predicted octanol–water partition coefficient (Wildman–Crippen LogP) is -0.117. The Hall–Kier alpha value is -3.93. The summed E-state index contributed by atoms with van der Waals surface area (Å²) >= 11 is 0. The van der Waals surface area contributed by atoms with E-state index in [-0.39, 0.29) is 0 Å². The summed E-state index contributed by atoms with van der Waals surface area (Å²) in [5.74, 6) is -6.87. The van der Waals surface area contributed by atoms with Crippen molar-refractivity contribution in [2.75, 3.05) is 55.2 Å². The van der Waals surface area contributed by atoms with Crippen molar-refractivity contribution in [2.24, 2.45) is 17.2 Å². The highest BCUT2D eigenvalue weighted by molar-refractivity contribution is 5.73. The zero-order valence-corrected chi connectivity index (χ0v) is 19.3. The second-order valence-electron chi connectivity index (χ2n) is 5.86. The van der Waals surface area contributed by atoms with Crippen LogP contribution in [-0.4, -0.2) is 106 Å². The lowest BCUT2D eigenvalue weighted by molar-refractivity contribution is -0.193. The Kier molecular flexibility index (Phi) is 19.5. The van der Waals surface area contributed by atoms with Gasteiger partial charge in [0.15, 0.2) is 0 Å². The number of carbonyl (C=O) groups is 3. The number of aliphatic carboxylic acids is 3. The average molecular weight is 597 g/mol. The van der Waals surface area contributed by atoms with Gasteiger partial charge < -0.3 is 48.5 Å². The normalized spacial score (nSPS) is 10.8. The molecule has 12 N–H and O–H groups in total. The number of anilines is 3. The molecule has 0 unspecified atom stereocenters. The summed E-state index contributed by atoms with van der Waals surface area (Å²) in [6.45, 7) is 3.29. The highest BCUT2D eigenvalue weighted by atomic mass is 19.4. The molecule has 1 aromatic rings. The van der Waals surface area contributed by atoms with E-state index in [1.807, 2.05) is 0 Å². The maximum atomic E-state index is 10.6. The minimum Gasteiger partial charge on any atom is -0.475 e. The molecule has 0 aromatic carbocycles. The van der Waals surface area contributed by atoms with Gasteiger partial charge in [-0.25, -0.2) is 14.4 Å². The molecule has 39 heavy (non-hydrogen) atoms. The summed E-state index contributed by atoms with van der Waals surface area (Å²) in [7, 11) is 0. The van der Waals surface area contributed by atoms with Gasteiger partial charge in [0.25, 0.3) is 0 Å². The second kappa shape index (κ2) is 19.2. The molecule has 0 saturated carbocycles. The molecule has 0 radical (unpaired) electrons. The van der Waals surface area contributed by atoms with Crippen LogP contribution >= 0.6 is 0 Å². The van der Waals surface area contributed by atoms with Crippen LogP contribution in [0.2, 0.25) is 0 Å². The Morgan fingerprint density at radius 3 is 0.795 bits per heavy atom. The van der Waals surface area contributed by atoms with Crippen molar-refractivity contribution in [3.05, 3.63) is 0 Å². The van der Waals surface area contributed by atoms with Crippen LogP contribution in [-0.2, 0) is 14.4 Å². The van der Waals surface area contributed by atoms with Gasteiger partial charge >= 0.3 is 36.4 Å². The van der Waals surface area contributed by atoms with Crippen LogP contribution in [0.3, 0.4) is 0 Å². The number of hydrogen-bond acceptors (Lipinski definition) is 12. The maximum Gasteiger partial charge on any atom is 0.490 e. The van der Waals surface area contributed by atoms with Gasteiger partial charge in [-0.2, -0.15) is 54.5 Å². The summed E-state index contributed by atoms with van der Waals surface area (Å²) in [6, 6.07) is 0. The number of carboxylic acids is 3. The zero-order valence-electron chi connectivity index (χ0n) is 19.3. The SMILES string of the molecule is NCCNc1nc(NCCN)nc(NCCN)n1.O=C(O)C(F)(F)F.O=C(O)C(F)(F)F.O=C(O)C(F)(F)F. The van der Waals surface area contributed by atoms with Gasteiger partial charge in [0.1, 0.15) is 0 Å². The Labute approximate surface area is 212 Å². The van der Waals surface area contributed by atoms with E-state index in [0.29, 0.717) is 57.1 Å². The number of alkyl halides is 9. The van der Waals surface area contributed by atoms with Crippen molar-refractivity contribution >= 4 is 35.8 Å². The van der Waals surface area contributed by atoms with E-state index < -0.39 is 36.4 Å². The quantitative estimate of drug-likeness (QED) is 0.168. The molecule has 1 aromatic heterocycles. The highest BCUT2D eigenvalue weighted by Crippen LogP contribution is 2.14. The molecule has 0 fully saturated rings. The fourth-order valence-electron chi connectivity index (χ4n) is 1.17. The lowest BCUT2D eigenvalue weighted by Crippen LogP contribution is -2.21. The number of rotatable bonds is 9. The summed E-state index contributed by atoms with van der Waals surface area (Å²) in [4.78, 5) is 39.3. The van der Waals surface area contributed by atoms with Gasteiger partial charge in [0, 0.05) is 39.3 Å². The lowest BCUT2D eigenvalue weighted by atomic mass is 10.6. The van der Waals surface area contributed by atoms with Crippen LogP contribution in [0.5, 0.6) is 0 Å². The van der Waals surface area contributed by atoms with E-state index in [1.165, 1.54) is 0 Å². The third-order valence-electron chi connectivity index (χ3n) is 2.65. The Morgan fingerprint density at radius 2 is 0.692 bits per heavy atom. The first-order chi connectivity index (χ1) is 17.6. The molecule has 0 amide bonds. The van der Waals surface area contributed by atoms with E-state index in [1.54, 1.807) is 0 Å². The number of nitrogens with two attached hydrogens (primary N) is 3. The van der Waals surface area contributed by atoms with Crippen LogP contribution in [0.1, 0.15) is 0 Å². The van der Waals surface area contributed by atoms with Gasteiger partial charge in [0.05, 0.1) is 0 Å². The predicted molar refractivity (Wildman–Crippen MR) is 114 cm³/mol. The summed E-state index contributed by atoms with van der Waals surface area (Å²) in [5.41, 5.74) is 16.2. The minimum absolute atomic E-state index is 0.467. The first-order valence-corrected chi connectivity index (χ1v) is 9.61. The van der Waals surface area contributed by atoms with Gasteiger partial charge in [0.2, 0.25) is 17.8 Å². The fourth-order valence-corrected chi connectivity index (χ4v) is 1.17. The molecule has 0 atom stereocenters. The number of carboxylic acid groups (broad SMARTS) is 3. The molecule has 24 heteroatoms. The summed E-state index contributed by atoms with van der Waals surface area (Å²) in [5, 5.41) is 30.4. The van der Waals surface area contributed by atoms with E-state index in [9.17, 15) is 39.5 Å². The molecule has 0 bridgehead atoms. The van der Waals surface area contributed by atoms with Crippen LogP contribution in [0, 0.1) is 0 Å². The zero-order chi connectivity index (χ0) is 31.4. The molecule has 1 heterocycles. The Morgan fingerprint density at radius 1 is 0.538 bits per heavy atom. The number of hydrogen-bond donors (Lipinski definition) is 9. The number of halogens is 9. The number of nitrogens with zero attached hydrogens (tertiary/aromatic N) is 3. The monoisotopic (exact) mass is 597 g/mol. The molecule has 0 saturated heterocycles. The highest BCUT2D eigenvalue weighted by Gasteiger charge is 2.39. The largest absolute Gasteiger partial charge is 0.490 e. The van der Waals surface area contributed by atoms with Crippen LogP contribution in [0.15, 0.2) is 0 Å². The molecule has 15 nitrogen and oxygen atoms in total. The Balaban J connectivity index is -0.000000511. The lowest BCUT2D eigenvalue weighted by Gasteiger charge is -2.10. The van der Waals surface area contributed by atoms with Gasteiger partial charge in [-0.3, -0.25) is 0 Å². The molecule has 0 spiro atoms. The fraction of sp³-hybridized carbons (Fsp3) is 0.600. The van der Waals surface area contributed by atoms with Crippen LogP contribution < -0.4 is 33.2 Å². The third-order valence-corrected chi connectivity index (χ3v) is 2.65. The van der Waals surface area contributed by atoms with Gasteiger partial charge in [-0.15, -0.1) is 0 Å². The van der Waals surface area contributed by atoms with E-state index >= 15 is 0 Å². The van der Waals surface area contributed by atoms with Crippen molar-refractivity contribution < 1.29 is 69.2 Å². The average Bonchev–Trinajstić information content (AvgIpc) is 2.79. The molecule has 0 aliphatic carbocycles. The molecule has 0 aliphatic rings. The van der Waals surface area contributed by atoms with Crippen molar-refractivity contribution in [3.8, 4) is 0 Å². The molecule has 228 valence electrons. The van der Waals surface area contributed by atoms with Crippen molar-refractivity contribution in [3.63, 3.8) is 0 Å². The maximum absolute atomic E-state index is 10.6. The smallest absolute Gasteiger partial charge is 0.475 e. The first kappa shape index (κ1) is 39.6. The minimum atomic E-state index is -5.08. The van der Waals surface area contributed by atoms with Crippen molar-refractivity contribution in [2.45, 2.75) is 18.5 Å². The Bertz CT molecular complexity index is 749. The van der Waals surface area contributed by atoms with Crippen molar-refractivity contribution in [1.82, 2.24) is 15.0 Å². The van der Waals surface area contributed by atoms with E-state index in [0.717, 1.165) is 0 Å². The molecular weight excluding hydrogens is 573 g/mol. The molecule has 1 rings (SSSR count). The third kappa shape index (κ3) is 24.2. The summed E-state index contributed by atoms with van der Waals surface area (Å²) < 4.78 is 95.2. The summed E-state index contributed by atoms with van der Waals surface area (Å²) in [6.07, 6.45) is -15.3.